The molecule has 1 aromatic carbocycles. The summed E-state index contributed by atoms with van der Waals surface area (Å²) in [6.07, 6.45) is 1.47. The van der Waals surface area contributed by atoms with Gasteiger partial charge in [-0.1, -0.05) is 12.1 Å². The highest BCUT2D eigenvalue weighted by atomic mass is 32.1. The Morgan fingerprint density at radius 2 is 2.11 bits per heavy atom. The third kappa shape index (κ3) is 2.99. The Bertz CT molecular complexity index is 1040. The Balaban J connectivity index is 1.83. The van der Waals surface area contributed by atoms with Crippen LogP contribution in [0.15, 0.2) is 75.9 Å². The van der Waals surface area contributed by atoms with Gasteiger partial charge in [-0.25, -0.2) is 0 Å². The van der Waals surface area contributed by atoms with Crippen LogP contribution in [-0.2, 0) is 4.79 Å². The van der Waals surface area contributed by atoms with Gasteiger partial charge >= 0.3 is 0 Å². The minimum Gasteiger partial charge on any atom is -0.503 e. The van der Waals surface area contributed by atoms with Crippen molar-refractivity contribution in [3.63, 3.8) is 0 Å². The number of nitrogens with zero attached hydrogens (tertiary/aromatic N) is 1. The molecule has 2 aromatic heterocycles. The van der Waals surface area contributed by atoms with Crippen molar-refractivity contribution in [3.05, 3.63) is 82.1 Å². The molecule has 1 unspecified atom stereocenters. The molecular weight excluding hydrogens is 378 g/mol. The number of rotatable bonds is 6. The summed E-state index contributed by atoms with van der Waals surface area (Å²) in [6.45, 7) is 2.34. The van der Waals surface area contributed by atoms with Gasteiger partial charge in [0.1, 0.15) is 17.6 Å². The van der Waals surface area contributed by atoms with Crippen LogP contribution >= 0.6 is 11.3 Å². The lowest BCUT2D eigenvalue weighted by atomic mass is 10.00. The maximum atomic E-state index is 13.1. The fourth-order valence-corrected chi connectivity index (χ4v) is 3.93. The molecule has 0 saturated carbocycles. The molecule has 0 aliphatic carbocycles. The first-order chi connectivity index (χ1) is 13.6. The second-order valence-electron chi connectivity index (χ2n) is 6.09. The molecule has 1 aliphatic rings. The van der Waals surface area contributed by atoms with E-state index in [4.69, 9.17) is 9.15 Å². The number of hydrogen-bond donors (Lipinski definition) is 1. The lowest BCUT2D eigenvalue weighted by Gasteiger charge is -2.25. The maximum absolute atomic E-state index is 13.1. The van der Waals surface area contributed by atoms with Gasteiger partial charge in [0.15, 0.2) is 5.76 Å². The van der Waals surface area contributed by atoms with Crippen molar-refractivity contribution < 1.29 is 23.8 Å². The SMILES string of the molecule is CCOc1cccc(N2C(=O)C(O)=C(C(=O)c3cccs3)C2c2ccco2)c1. The zero-order valence-electron chi connectivity index (χ0n) is 15.0. The van der Waals surface area contributed by atoms with E-state index in [0.29, 0.717) is 28.7 Å². The van der Waals surface area contributed by atoms with Gasteiger partial charge in [-0.3, -0.25) is 14.5 Å². The molecule has 142 valence electrons. The largest absolute Gasteiger partial charge is 0.503 e. The minimum absolute atomic E-state index is 0.00390. The molecule has 0 bridgehead atoms. The number of furan rings is 1. The fourth-order valence-electron chi connectivity index (χ4n) is 3.25. The lowest BCUT2D eigenvalue weighted by molar-refractivity contribution is -0.117. The van der Waals surface area contributed by atoms with Crippen LogP contribution in [0.5, 0.6) is 5.75 Å². The fraction of sp³-hybridized carbons (Fsp3) is 0.143. The van der Waals surface area contributed by atoms with Crippen LogP contribution < -0.4 is 9.64 Å². The van der Waals surface area contributed by atoms with Gasteiger partial charge in [-0.05, 0) is 42.6 Å². The molecule has 3 aromatic rings. The summed E-state index contributed by atoms with van der Waals surface area (Å²) in [5.74, 6) is -0.648. The molecule has 1 atom stereocenters. The van der Waals surface area contributed by atoms with Gasteiger partial charge in [0.2, 0.25) is 5.78 Å². The quantitative estimate of drug-likeness (QED) is 0.621. The van der Waals surface area contributed by atoms with Crippen LogP contribution in [-0.4, -0.2) is 23.4 Å². The number of aliphatic hydroxyl groups excluding tert-OH is 1. The number of carbonyl (C=O) groups is 2. The van der Waals surface area contributed by atoms with Crippen LogP contribution in [0.2, 0.25) is 0 Å². The summed E-state index contributed by atoms with van der Waals surface area (Å²) >= 11 is 1.25. The number of ketones is 1. The molecule has 0 spiro atoms. The van der Waals surface area contributed by atoms with Crippen molar-refractivity contribution >= 4 is 28.7 Å². The number of hydrogen-bond acceptors (Lipinski definition) is 6. The van der Waals surface area contributed by atoms with Crippen LogP contribution in [0, 0.1) is 0 Å². The molecule has 1 amide bonds. The highest BCUT2D eigenvalue weighted by Gasteiger charge is 2.46. The van der Waals surface area contributed by atoms with Gasteiger partial charge in [0.05, 0.1) is 23.3 Å². The second kappa shape index (κ2) is 7.36. The molecule has 1 aliphatic heterocycles. The van der Waals surface area contributed by atoms with Gasteiger partial charge in [0, 0.05) is 11.8 Å². The van der Waals surface area contributed by atoms with Crippen molar-refractivity contribution in [2.75, 3.05) is 11.5 Å². The molecule has 28 heavy (non-hydrogen) atoms. The molecule has 6 nitrogen and oxygen atoms in total. The summed E-state index contributed by atoms with van der Waals surface area (Å²) in [4.78, 5) is 27.8. The normalized spacial score (nSPS) is 16.7. The van der Waals surface area contributed by atoms with E-state index < -0.39 is 23.5 Å². The zero-order chi connectivity index (χ0) is 19.7. The van der Waals surface area contributed by atoms with Crippen molar-refractivity contribution in [2.24, 2.45) is 0 Å². The highest BCUT2D eigenvalue weighted by molar-refractivity contribution is 7.12. The Hall–Kier alpha value is -3.32. The first kappa shape index (κ1) is 18.1. The molecule has 1 N–H and O–H groups in total. The van der Waals surface area contributed by atoms with E-state index >= 15 is 0 Å². The van der Waals surface area contributed by atoms with E-state index in [2.05, 4.69) is 0 Å². The van der Waals surface area contributed by atoms with Crippen molar-refractivity contribution in [1.29, 1.82) is 0 Å². The lowest BCUT2D eigenvalue weighted by Crippen LogP contribution is -2.30. The summed E-state index contributed by atoms with van der Waals surface area (Å²) in [7, 11) is 0. The van der Waals surface area contributed by atoms with Gasteiger partial charge < -0.3 is 14.3 Å². The molecule has 7 heteroatoms. The average molecular weight is 395 g/mol. The Kier molecular flexibility index (Phi) is 4.75. The van der Waals surface area contributed by atoms with Gasteiger partial charge in [-0.15, -0.1) is 11.3 Å². The van der Waals surface area contributed by atoms with E-state index in [1.165, 1.54) is 22.5 Å². The summed E-state index contributed by atoms with van der Waals surface area (Å²) in [5.41, 5.74) is 0.502. The van der Waals surface area contributed by atoms with Gasteiger partial charge in [-0.2, -0.15) is 0 Å². The van der Waals surface area contributed by atoms with Crippen LogP contribution in [0.25, 0.3) is 0 Å². The van der Waals surface area contributed by atoms with Crippen molar-refractivity contribution in [1.82, 2.24) is 0 Å². The number of anilines is 1. The molecule has 4 rings (SSSR count). The summed E-state index contributed by atoms with van der Waals surface area (Å²) in [5, 5.41) is 12.4. The molecule has 3 heterocycles. The summed E-state index contributed by atoms with van der Waals surface area (Å²) < 4.78 is 11.0. The molecule has 0 radical (unpaired) electrons. The number of aliphatic hydroxyl groups is 1. The van der Waals surface area contributed by atoms with E-state index in [1.807, 2.05) is 6.92 Å². The number of Topliss-reactive ketones (excluding diaryl/α,β-unsaturated/α-hetero) is 1. The van der Waals surface area contributed by atoms with Crippen LogP contribution in [0.4, 0.5) is 5.69 Å². The van der Waals surface area contributed by atoms with Crippen molar-refractivity contribution in [3.8, 4) is 5.75 Å². The number of benzene rings is 1. The predicted octanol–water partition coefficient (Wildman–Crippen LogP) is 4.52. The summed E-state index contributed by atoms with van der Waals surface area (Å²) in [6, 6.07) is 12.9. The van der Waals surface area contributed by atoms with E-state index in [0.717, 1.165) is 0 Å². The first-order valence-electron chi connectivity index (χ1n) is 8.73. The Morgan fingerprint density at radius 1 is 1.25 bits per heavy atom. The van der Waals surface area contributed by atoms with Gasteiger partial charge in [0.25, 0.3) is 5.91 Å². The predicted molar refractivity (Wildman–Crippen MR) is 105 cm³/mol. The standard InChI is InChI=1S/C21H17NO5S/c1-2-26-14-7-3-6-13(12-14)22-18(15-8-4-10-27-15)17(20(24)21(22)25)19(23)16-9-5-11-28-16/h3-12,18,24H,2H2,1H3. The van der Waals surface area contributed by atoms with E-state index in [1.54, 1.807) is 53.9 Å². The topological polar surface area (TPSA) is 80.0 Å². The molecule has 0 fully saturated rings. The monoisotopic (exact) mass is 395 g/mol. The minimum atomic E-state index is -0.867. The Labute approximate surface area is 165 Å². The third-order valence-electron chi connectivity index (χ3n) is 4.42. The van der Waals surface area contributed by atoms with Crippen LogP contribution in [0.3, 0.4) is 0 Å². The van der Waals surface area contributed by atoms with E-state index in [-0.39, 0.29) is 5.57 Å². The third-order valence-corrected chi connectivity index (χ3v) is 5.29. The number of carbonyl (C=O) groups excluding carboxylic acids is 2. The zero-order valence-corrected chi connectivity index (χ0v) is 15.8. The molecule has 0 saturated heterocycles. The number of amides is 1. The average Bonchev–Trinajstić information content (AvgIpc) is 3.44. The number of thiophene rings is 1. The van der Waals surface area contributed by atoms with E-state index in [9.17, 15) is 14.7 Å². The van der Waals surface area contributed by atoms with Crippen LogP contribution in [0.1, 0.15) is 28.4 Å². The maximum Gasteiger partial charge on any atom is 0.294 e. The smallest absolute Gasteiger partial charge is 0.294 e. The second-order valence-corrected chi connectivity index (χ2v) is 7.04. The first-order valence-corrected chi connectivity index (χ1v) is 9.61. The Morgan fingerprint density at radius 3 is 2.79 bits per heavy atom. The highest BCUT2D eigenvalue weighted by Crippen LogP contribution is 2.43. The van der Waals surface area contributed by atoms with Crippen molar-refractivity contribution in [2.45, 2.75) is 13.0 Å². The molecular formula is C21H17NO5S. The number of ether oxygens (including phenoxy) is 1.